The molecule has 1 saturated heterocycles. The van der Waals surface area contributed by atoms with E-state index in [1.807, 2.05) is 11.9 Å². The first-order valence-electron chi connectivity index (χ1n) is 7.16. The smallest absolute Gasteiger partial charge is 0.241 e. The number of carbonyl (C=O) groups is 2. The summed E-state index contributed by atoms with van der Waals surface area (Å²) in [5.74, 6) is -1.35. The maximum Gasteiger partial charge on any atom is 0.241 e. The molecule has 1 aliphatic heterocycles. The number of rotatable bonds is 7. The van der Waals surface area contributed by atoms with Crippen LogP contribution in [0, 0.1) is 5.92 Å². The van der Waals surface area contributed by atoms with Gasteiger partial charge in [-0.25, -0.2) is 8.78 Å². The van der Waals surface area contributed by atoms with Crippen molar-refractivity contribution in [3.8, 4) is 0 Å². The lowest BCUT2D eigenvalue weighted by molar-refractivity contribution is -0.130. The van der Waals surface area contributed by atoms with Crippen LogP contribution in [-0.4, -0.2) is 48.7 Å². The van der Waals surface area contributed by atoms with Gasteiger partial charge in [-0.05, 0) is 46.2 Å². The number of likely N-dealkylation sites (tertiary alicyclic amines) is 1. The maximum atomic E-state index is 12.8. The number of hydrogen-bond acceptors (Lipinski definition) is 3. The van der Waals surface area contributed by atoms with Gasteiger partial charge in [0.15, 0.2) is 5.78 Å². The van der Waals surface area contributed by atoms with Crippen LogP contribution in [0.3, 0.4) is 0 Å². The van der Waals surface area contributed by atoms with Crippen molar-refractivity contribution in [1.29, 1.82) is 0 Å². The van der Waals surface area contributed by atoms with E-state index >= 15 is 0 Å². The molecule has 3 atom stereocenters. The maximum absolute atomic E-state index is 12.8. The Morgan fingerprint density at radius 3 is 2.45 bits per heavy atom. The van der Waals surface area contributed by atoms with Gasteiger partial charge >= 0.3 is 0 Å². The first-order valence-corrected chi connectivity index (χ1v) is 7.16. The van der Waals surface area contributed by atoms with Crippen LogP contribution in [0.4, 0.5) is 8.78 Å². The molecule has 3 unspecified atom stereocenters. The number of alkyl halides is 2. The second-order valence-corrected chi connectivity index (χ2v) is 5.55. The zero-order valence-electron chi connectivity index (χ0n) is 12.4. The molecular formula is C14H24F2N2O2. The number of Topliss-reactive ketones (excluding diaryl/α,β-unsaturated/α-hetero) is 1. The fourth-order valence-electron chi connectivity index (χ4n) is 2.59. The SMILES string of the molecule is CCC(CC(NC(=O)C1CCCN1C)C(C)=O)C(F)F. The molecular weight excluding hydrogens is 266 g/mol. The quantitative estimate of drug-likeness (QED) is 0.778. The van der Waals surface area contributed by atoms with Crippen LogP contribution < -0.4 is 5.32 Å². The molecule has 1 rings (SSSR count). The lowest BCUT2D eigenvalue weighted by Gasteiger charge is -2.25. The van der Waals surface area contributed by atoms with Crippen molar-refractivity contribution in [3.63, 3.8) is 0 Å². The Bertz CT molecular complexity index is 350. The first kappa shape index (κ1) is 17.0. The number of nitrogens with zero attached hydrogens (tertiary/aromatic N) is 1. The van der Waals surface area contributed by atoms with Crippen LogP contribution >= 0.6 is 0 Å². The Hall–Kier alpha value is -1.04. The van der Waals surface area contributed by atoms with Crippen LogP contribution in [0.5, 0.6) is 0 Å². The first-order chi connectivity index (χ1) is 9.36. The van der Waals surface area contributed by atoms with Crippen LogP contribution in [0.2, 0.25) is 0 Å². The number of likely N-dealkylation sites (N-methyl/N-ethyl adjacent to an activating group) is 1. The molecule has 0 aromatic carbocycles. The number of carbonyl (C=O) groups excluding carboxylic acids is 2. The van der Waals surface area contributed by atoms with Crippen molar-refractivity contribution >= 4 is 11.7 Å². The summed E-state index contributed by atoms with van der Waals surface area (Å²) in [6, 6.07) is -1.06. The molecule has 1 N–H and O–H groups in total. The van der Waals surface area contributed by atoms with Gasteiger partial charge < -0.3 is 5.32 Å². The van der Waals surface area contributed by atoms with Gasteiger partial charge in [0.25, 0.3) is 0 Å². The van der Waals surface area contributed by atoms with Crippen molar-refractivity contribution < 1.29 is 18.4 Å². The second kappa shape index (κ2) is 7.67. The van der Waals surface area contributed by atoms with Crippen molar-refractivity contribution in [2.24, 2.45) is 5.92 Å². The minimum Gasteiger partial charge on any atom is -0.345 e. The van der Waals surface area contributed by atoms with Gasteiger partial charge in [0, 0.05) is 5.92 Å². The second-order valence-electron chi connectivity index (χ2n) is 5.55. The molecule has 0 saturated carbocycles. The molecule has 1 heterocycles. The van der Waals surface area contributed by atoms with E-state index in [2.05, 4.69) is 5.32 Å². The van der Waals surface area contributed by atoms with Gasteiger partial charge in [-0.2, -0.15) is 0 Å². The molecule has 0 aliphatic carbocycles. The van der Waals surface area contributed by atoms with E-state index in [1.165, 1.54) is 6.92 Å². The molecule has 0 aromatic heterocycles. The highest BCUT2D eigenvalue weighted by molar-refractivity contribution is 5.89. The van der Waals surface area contributed by atoms with E-state index in [1.54, 1.807) is 6.92 Å². The third kappa shape index (κ3) is 4.51. The van der Waals surface area contributed by atoms with Crippen molar-refractivity contribution in [2.45, 2.75) is 58.0 Å². The number of amides is 1. The molecule has 1 amide bonds. The summed E-state index contributed by atoms with van der Waals surface area (Å²) in [6.07, 6.45) is -0.480. The summed E-state index contributed by atoms with van der Waals surface area (Å²) in [6.45, 7) is 3.85. The topological polar surface area (TPSA) is 49.4 Å². The standard InChI is InChI=1S/C14H24F2N2O2/c1-4-10(13(15)16)8-11(9(2)19)17-14(20)12-6-5-7-18(12)3/h10-13H,4-8H2,1-3H3,(H,17,20). The van der Waals surface area contributed by atoms with Crippen LogP contribution in [-0.2, 0) is 9.59 Å². The highest BCUT2D eigenvalue weighted by atomic mass is 19.3. The number of nitrogens with one attached hydrogen (secondary N) is 1. The molecule has 6 heteroatoms. The molecule has 0 radical (unpaired) electrons. The monoisotopic (exact) mass is 290 g/mol. The van der Waals surface area contributed by atoms with E-state index in [0.717, 1.165) is 19.4 Å². The Kier molecular flexibility index (Phi) is 6.52. The Morgan fingerprint density at radius 2 is 2.05 bits per heavy atom. The molecule has 0 spiro atoms. The summed E-state index contributed by atoms with van der Waals surface area (Å²) in [4.78, 5) is 25.6. The number of halogens is 2. The van der Waals surface area contributed by atoms with Crippen LogP contribution in [0.15, 0.2) is 0 Å². The van der Waals surface area contributed by atoms with E-state index in [0.29, 0.717) is 6.42 Å². The molecule has 20 heavy (non-hydrogen) atoms. The predicted molar refractivity (Wildman–Crippen MR) is 72.7 cm³/mol. The number of hydrogen-bond donors (Lipinski definition) is 1. The summed E-state index contributed by atoms with van der Waals surface area (Å²) >= 11 is 0. The lowest BCUT2D eigenvalue weighted by atomic mass is 9.95. The highest BCUT2D eigenvalue weighted by Crippen LogP contribution is 2.21. The fourth-order valence-corrected chi connectivity index (χ4v) is 2.59. The predicted octanol–water partition coefficient (Wildman–Crippen LogP) is 1.84. The average molecular weight is 290 g/mol. The van der Waals surface area contributed by atoms with Crippen molar-refractivity contribution in [3.05, 3.63) is 0 Å². The molecule has 0 aromatic rings. The minimum atomic E-state index is -2.46. The van der Waals surface area contributed by atoms with E-state index in [9.17, 15) is 18.4 Å². The van der Waals surface area contributed by atoms with E-state index in [-0.39, 0.29) is 24.2 Å². The molecule has 1 fully saturated rings. The lowest BCUT2D eigenvalue weighted by Crippen LogP contribution is -2.49. The van der Waals surface area contributed by atoms with Crippen LogP contribution in [0.25, 0.3) is 0 Å². The Morgan fingerprint density at radius 1 is 1.40 bits per heavy atom. The largest absolute Gasteiger partial charge is 0.345 e. The summed E-state index contributed by atoms with van der Waals surface area (Å²) in [5.41, 5.74) is 0. The summed E-state index contributed by atoms with van der Waals surface area (Å²) < 4.78 is 25.6. The Labute approximate surface area is 118 Å². The Balaban J connectivity index is 2.62. The molecule has 0 bridgehead atoms. The number of ketones is 1. The van der Waals surface area contributed by atoms with Gasteiger partial charge in [0.2, 0.25) is 12.3 Å². The van der Waals surface area contributed by atoms with Crippen molar-refractivity contribution in [2.75, 3.05) is 13.6 Å². The fraction of sp³-hybridized carbons (Fsp3) is 0.857. The van der Waals surface area contributed by atoms with Gasteiger partial charge in [-0.1, -0.05) is 6.92 Å². The van der Waals surface area contributed by atoms with Gasteiger partial charge in [-0.15, -0.1) is 0 Å². The zero-order valence-corrected chi connectivity index (χ0v) is 12.4. The average Bonchev–Trinajstić information content (AvgIpc) is 2.79. The van der Waals surface area contributed by atoms with E-state index in [4.69, 9.17) is 0 Å². The third-order valence-electron chi connectivity index (χ3n) is 4.05. The van der Waals surface area contributed by atoms with Gasteiger partial charge in [0.05, 0.1) is 12.1 Å². The molecule has 4 nitrogen and oxygen atoms in total. The zero-order chi connectivity index (χ0) is 15.3. The minimum absolute atomic E-state index is 0.00563. The summed E-state index contributed by atoms with van der Waals surface area (Å²) in [7, 11) is 1.86. The third-order valence-corrected chi connectivity index (χ3v) is 4.05. The van der Waals surface area contributed by atoms with Crippen molar-refractivity contribution in [1.82, 2.24) is 10.2 Å². The van der Waals surface area contributed by atoms with E-state index < -0.39 is 18.4 Å². The normalized spacial score (nSPS) is 22.8. The summed E-state index contributed by atoms with van der Waals surface area (Å²) in [5, 5.41) is 2.64. The molecule has 116 valence electrons. The molecule has 1 aliphatic rings. The van der Waals surface area contributed by atoms with Gasteiger partial charge in [-0.3, -0.25) is 14.5 Å². The van der Waals surface area contributed by atoms with Crippen LogP contribution in [0.1, 0.15) is 39.5 Å². The highest BCUT2D eigenvalue weighted by Gasteiger charge is 2.32. The van der Waals surface area contributed by atoms with Gasteiger partial charge in [0.1, 0.15) is 0 Å².